The molecule has 21 heavy (non-hydrogen) atoms. The highest BCUT2D eigenvalue weighted by molar-refractivity contribution is 7.99. The van der Waals surface area contributed by atoms with E-state index in [-0.39, 0.29) is 0 Å². The van der Waals surface area contributed by atoms with Crippen LogP contribution in [0, 0.1) is 5.92 Å². The van der Waals surface area contributed by atoms with Gasteiger partial charge in [0.2, 0.25) is 5.91 Å². The number of amides is 1. The van der Waals surface area contributed by atoms with E-state index in [0.29, 0.717) is 17.6 Å². The minimum absolute atomic E-state index is 0.302. The summed E-state index contributed by atoms with van der Waals surface area (Å²) >= 11 is 1.62. The van der Waals surface area contributed by atoms with E-state index in [4.69, 9.17) is 4.74 Å². The maximum absolute atomic E-state index is 12.0. The molecular weight excluding hydrogens is 282 g/mol. The number of thioether (sulfide) groups is 1. The second kappa shape index (κ2) is 8.32. The first-order chi connectivity index (χ1) is 10.2. The molecule has 1 saturated heterocycles. The number of carbonyl (C=O) groups is 1. The Morgan fingerprint density at radius 1 is 1.38 bits per heavy atom. The zero-order valence-corrected chi connectivity index (χ0v) is 13.8. The molecule has 1 amide bonds. The van der Waals surface area contributed by atoms with Gasteiger partial charge in [0.25, 0.3) is 0 Å². The Labute approximate surface area is 132 Å². The quantitative estimate of drug-likeness (QED) is 0.808. The average Bonchev–Trinajstić information content (AvgIpc) is 2.54. The van der Waals surface area contributed by atoms with E-state index in [2.05, 4.69) is 17.0 Å². The fourth-order valence-corrected chi connectivity index (χ4v) is 3.33. The van der Waals surface area contributed by atoms with E-state index in [0.717, 1.165) is 38.1 Å². The maximum Gasteiger partial charge on any atom is 0.232 e. The van der Waals surface area contributed by atoms with E-state index < -0.39 is 0 Å². The SMILES string of the molecule is COc1ccc(CC[C@@H]2CCCN(C(=O)CSC)C2)cc1. The Balaban J connectivity index is 1.80. The summed E-state index contributed by atoms with van der Waals surface area (Å²) in [7, 11) is 1.69. The van der Waals surface area contributed by atoms with Crippen molar-refractivity contribution in [1.82, 2.24) is 4.90 Å². The number of ether oxygens (including phenoxy) is 1. The molecule has 0 N–H and O–H groups in total. The van der Waals surface area contributed by atoms with Crippen LogP contribution in [0.1, 0.15) is 24.8 Å². The third-order valence-electron chi connectivity index (χ3n) is 4.14. The van der Waals surface area contributed by atoms with Crippen LogP contribution in [-0.2, 0) is 11.2 Å². The van der Waals surface area contributed by atoms with Gasteiger partial charge in [-0.1, -0.05) is 12.1 Å². The van der Waals surface area contributed by atoms with Crippen LogP contribution in [0.15, 0.2) is 24.3 Å². The summed E-state index contributed by atoms with van der Waals surface area (Å²) < 4.78 is 5.18. The molecule has 0 bridgehead atoms. The van der Waals surface area contributed by atoms with E-state index in [9.17, 15) is 4.79 Å². The lowest BCUT2D eigenvalue weighted by molar-refractivity contribution is -0.130. The summed E-state index contributed by atoms with van der Waals surface area (Å²) in [5.41, 5.74) is 1.35. The van der Waals surface area contributed by atoms with Crippen LogP contribution >= 0.6 is 11.8 Å². The molecular formula is C17H25NO2S. The van der Waals surface area contributed by atoms with Gasteiger partial charge in [0.1, 0.15) is 5.75 Å². The number of carbonyl (C=O) groups excluding carboxylic acids is 1. The van der Waals surface area contributed by atoms with Gasteiger partial charge in [0.05, 0.1) is 12.9 Å². The molecule has 1 atom stereocenters. The van der Waals surface area contributed by atoms with Crippen molar-refractivity contribution < 1.29 is 9.53 Å². The van der Waals surface area contributed by atoms with Crippen LogP contribution < -0.4 is 4.74 Å². The van der Waals surface area contributed by atoms with Gasteiger partial charge in [-0.15, -0.1) is 0 Å². The van der Waals surface area contributed by atoms with E-state index >= 15 is 0 Å². The molecule has 1 aromatic carbocycles. The first-order valence-corrected chi connectivity index (χ1v) is 9.02. The van der Waals surface area contributed by atoms with Gasteiger partial charge in [-0.05, 0) is 55.6 Å². The number of hydrogen-bond acceptors (Lipinski definition) is 3. The Kier molecular flexibility index (Phi) is 6.43. The number of hydrogen-bond donors (Lipinski definition) is 0. The molecule has 1 aromatic rings. The second-order valence-corrected chi connectivity index (χ2v) is 6.53. The number of likely N-dealkylation sites (tertiary alicyclic amines) is 1. The summed E-state index contributed by atoms with van der Waals surface area (Å²) in [5.74, 6) is 2.47. The fraction of sp³-hybridized carbons (Fsp3) is 0.588. The van der Waals surface area contributed by atoms with Crippen LogP contribution in [0.5, 0.6) is 5.75 Å². The first-order valence-electron chi connectivity index (χ1n) is 7.62. The zero-order chi connectivity index (χ0) is 15.1. The Hall–Kier alpha value is -1.16. The molecule has 116 valence electrons. The van der Waals surface area contributed by atoms with Crippen molar-refractivity contribution in [3.8, 4) is 5.75 Å². The van der Waals surface area contributed by atoms with Crippen LogP contribution in [0.2, 0.25) is 0 Å². The average molecular weight is 307 g/mol. The molecule has 3 nitrogen and oxygen atoms in total. The number of piperidine rings is 1. The molecule has 4 heteroatoms. The van der Waals surface area contributed by atoms with Crippen molar-refractivity contribution in [2.45, 2.75) is 25.7 Å². The maximum atomic E-state index is 12.0. The van der Waals surface area contributed by atoms with Crippen LogP contribution in [0.25, 0.3) is 0 Å². The fourth-order valence-electron chi connectivity index (χ4n) is 2.90. The highest BCUT2D eigenvalue weighted by Gasteiger charge is 2.22. The molecule has 0 unspecified atom stereocenters. The molecule has 2 rings (SSSR count). The molecule has 0 spiro atoms. The van der Waals surface area contributed by atoms with Gasteiger partial charge in [0.15, 0.2) is 0 Å². The Morgan fingerprint density at radius 3 is 2.81 bits per heavy atom. The number of methoxy groups -OCH3 is 1. The molecule has 1 fully saturated rings. The van der Waals surface area contributed by atoms with Crippen molar-refractivity contribution in [1.29, 1.82) is 0 Å². The molecule has 1 aliphatic rings. The topological polar surface area (TPSA) is 29.5 Å². The number of nitrogens with zero attached hydrogens (tertiary/aromatic N) is 1. The lowest BCUT2D eigenvalue weighted by Crippen LogP contribution is -2.40. The third kappa shape index (κ3) is 4.95. The summed E-state index contributed by atoms with van der Waals surface area (Å²) in [6.07, 6.45) is 6.63. The predicted molar refractivity (Wildman–Crippen MR) is 89.0 cm³/mol. The molecule has 0 saturated carbocycles. The largest absolute Gasteiger partial charge is 0.497 e. The van der Waals surface area contributed by atoms with Crippen molar-refractivity contribution in [3.63, 3.8) is 0 Å². The summed E-state index contributed by atoms with van der Waals surface area (Å²) in [5, 5.41) is 0. The zero-order valence-electron chi connectivity index (χ0n) is 13.0. The van der Waals surface area contributed by atoms with Gasteiger partial charge in [-0.2, -0.15) is 11.8 Å². The van der Waals surface area contributed by atoms with Gasteiger partial charge in [-0.3, -0.25) is 4.79 Å². The molecule has 1 heterocycles. The first kappa shape index (κ1) is 16.2. The van der Waals surface area contributed by atoms with Gasteiger partial charge in [0, 0.05) is 13.1 Å². The third-order valence-corrected chi connectivity index (χ3v) is 4.68. The van der Waals surface area contributed by atoms with Crippen molar-refractivity contribution in [3.05, 3.63) is 29.8 Å². The second-order valence-electron chi connectivity index (χ2n) is 5.67. The lowest BCUT2D eigenvalue weighted by Gasteiger charge is -2.32. The highest BCUT2D eigenvalue weighted by Crippen LogP contribution is 2.22. The summed E-state index contributed by atoms with van der Waals surface area (Å²) in [6, 6.07) is 8.31. The molecule has 0 aliphatic carbocycles. The van der Waals surface area contributed by atoms with E-state index in [1.54, 1.807) is 18.9 Å². The monoisotopic (exact) mass is 307 g/mol. The minimum Gasteiger partial charge on any atom is -0.497 e. The van der Waals surface area contributed by atoms with Crippen molar-refractivity contribution in [2.24, 2.45) is 5.92 Å². The number of benzene rings is 1. The number of rotatable bonds is 6. The van der Waals surface area contributed by atoms with Gasteiger partial charge >= 0.3 is 0 Å². The van der Waals surface area contributed by atoms with Crippen LogP contribution in [0.4, 0.5) is 0 Å². The van der Waals surface area contributed by atoms with E-state index in [1.165, 1.54) is 12.0 Å². The van der Waals surface area contributed by atoms with Crippen LogP contribution in [-0.4, -0.2) is 43.0 Å². The van der Waals surface area contributed by atoms with Gasteiger partial charge in [-0.25, -0.2) is 0 Å². The summed E-state index contributed by atoms with van der Waals surface area (Å²) in [4.78, 5) is 14.0. The smallest absolute Gasteiger partial charge is 0.232 e. The van der Waals surface area contributed by atoms with E-state index in [1.807, 2.05) is 18.4 Å². The normalized spacial score (nSPS) is 18.6. The molecule has 0 radical (unpaired) electrons. The Bertz CT molecular complexity index is 447. The van der Waals surface area contributed by atoms with Crippen molar-refractivity contribution >= 4 is 17.7 Å². The van der Waals surface area contributed by atoms with Crippen LogP contribution in [0.3, 0.4) is 0 Å². The minimum atomic E-state index is 0.302. The predicted octanol–water partition coefficient (Wildman–Crippen LogP) is 3.23. The van der Waals surface area contributed by atoms with Crippen molar-refractivity contribution in [2.75, 3.05) is 32.2 Å². The number of aryl methyl sites for hydroxylation is 1. The molecule has 0 aromatic heterocycles. The van der Waals surface area contributed by atoms with Gasteiger partial charge < -0.3 is 9.64 Å². The lowest BCUT2D eigenvalue weighted by atomic mass is 9.91. The Morgan fingerprint density at radius 2 is 2.14 bits per heavy atom. The standard InChI is InChI=1S/C17H25NO2S/c1-20-16-9-7-14(8-10-16)5-6-15-4-3-11-18(12-15)17(19)13-21-2/h7-10,15H,3-6,11-13H2,1-2H3/t15-/m0/s1. The summed E-state index contributed by atoms with van der Waals surface area (Å²) in [6.45, 7) is 1.88. The highest BCUT2D eigenvalue weighted by atomic mass is 32.2. The molecule has 1 aliphatic heterocycles.